The fourth-order valence-electron chi connectivity index (χ4n) is 3.26. The van der Waals surface area contributed by atoms with Crippen molar-refractivity contribution >= 4 is 5.91 Å². The van der Waals surface area contributed by atoms with E-state index in [0.29, 0.717) is 6.04 Å². The van der Waals surface area contributed by atoms with Crippen LogP contribution in [0.1, 0.15) is 58.8 Å². The van der Waals surface area contributed by atoms with Gasteiger partial charge in [-0.05, 0) is 39.0 Å². The van der Waals surface area contributed by atoms with Crippen molar-refractivity contribution in [2.24, 2.45) is 0 Å². The van der Waals surface area contributed by atoms with Gasteiger partial charge < -0.3 is 10.0 Å². The Bertz CT molecular complexity index is 288. The van der Waals surface area contributed by atoms with Crippen LogP contribution in [0.3, 0.4) is 0 Å². The SMILES string of the molecule is CCCCC1NC(C)N(C2CCC(O)CC2)C1=O. The smallest absolute Gasteiger partial charge is 0.241 e. The number of nitrogens with zero attached hydrogens (tertiary/aromatic N) is 1. The Morgan fingerprint density at radius 2 is 2.00 bits per heavy atom. The maximum Gasteiger partial charge on any atom is 0.241 e. The highest BCUT2D eigenvalue weighted by atomic mass is 16.3. The van der Waals surface area contributed by atoms with Crippen LogP contribution >= 0.6 is 0 Å². The van der Waals surface area contributed by atoms with E-state index in [1.807, 2.05) is 4.90 Å². The maximum absolute atomic E-state index is 12.4. The molecule has 1 saturated heterocycles. The van der Waals surface area contributed by atoms with E-state index in [-0.39, 0.29) is 24.2 Å². The van der Waals surface area contributed by atoms with Crippen LogP contribution in [-0.2, 0) is 4.79 Å². The Kier molecular flexibility index (Phi) is 4.62. The highest BCUT2D eigenvalue weighted by Gasteiger charge is 2.40. The summed E-state index contributed by atoms with van der Waals surface area (Å²) in [6.07, 6.45) is 6.74. The summed E-state index contributed by atoms with van der Waals surface area (Å²) in [4.78, 5) is 14.4. The van der Waals surface area contributed by atoms with E-state index in [2.05, 4.69) is 19.2 Å². The highest BCUT2D eigenvalue weighted by Crippen LogP contribution is 2.28. The molecule has 2 rings (SSSR count). The fourth-order valence-corrected chi connectivity index (χ4v) is 3.26. The van der Waals surface area contributed by atoms with E-state index in [0.717, 1.165) is 44.9 Å². The zero-order valence-electron chi connectivity index (χ0n) is 11.6. The lowest BCUT2D eigenvalue weighted by Crippen LogP contribution is -2.45. The minimum atomic E-state index is -0.155. The van der Waals surface area contributed by atoms with Crippen molar-refractivity contribution in [1.29, 1.82) is 0 Å². The number of hydrogen-bond acceptors (Lipinski definition) is 3. The molecular weight excluding hydrogens is 228 g/mol. The third-order valence-corrected chi connectivity index (χ3v) is 4.32. The first-order chi connectivity index (χ1) is 8.63. The molecule has 2 fully saturated rings. The third kappa shape index (κ3) is 2.86. The van der Waals surface area contributed by atoms with E-state index < -0.39 is 0 Å². The molecule has 0 spiro atoms. The normalized spacial score (nSPS) is 37.3. The summed E-state index contributed by atoms with van der Waals surface area (Å²) in [5.74, 6) is 0.275. The molecule has 2 atom stereocenters. The van der Waals surface area contributed by atoms with Crippen LogP contribution < -0.4 is 5.32 Å². The minimum Gasteiger partial charge on any atom is -0.393 e. The summed E-state index contributed by atoms with van der Waals surface area (Å²) in [6.45, 7) is 4.23. The molecule has 1 heterocycles. The fraction of sp³-hybridized carbons (Fsp3) is 0.929. The van der Waals surface area contributed by atoms with Gasteiger partial charge >= 0.3 is 0 Å². The lowest BCUT2D eigenvalue weighted by atomic mass is 9.91. The second-order valence-corrected chi connectivity index (χ2v) is 5.75. The van der Waals surface area contributed by atoms with Gasteiger partial charge in [-0.3, -0.25) is 10.1 Å². The number of rotatable bonds is 4. The van der Waals surface area contributed by atoms with Crippen molar-refractivity contribution in [2.45, 2.75) is 83.1 Å². The molecule has 1 aliphatic carbocycles. The quantitative estimate of drug-likeness (QED) is 0.801. The van der Waals surface area contributed by atoms with Crippen molar-refractivity contribution < 1.29 is 9.90 Å². The molecule has 1 aliphatic heterocycles. The average Bonchev–Trinajstić information content (AvgIpc) is 2.63. The topological polar surface area (TPSA) is 52.6 Å². The number of aliphatic hydroxyl groups is 1. The van der Waals surface area contributed by atoms with Gasteiger partial charge in [-0.1, -0.05) is 19.8 Å². The monoisotopic (exact) mass is 254 g/mol. The van der Waals surface area contributed by atoms with Crippen molar-refractivity contribution in [3.8, 4) is 0 Å². The number of nitrogens with one attached hydrogen (secondary N) is 1. The summed E-state index contributed by atoms with van der Waals surface area (Å²) in [5.41, 5.74) is 0. The first-order valence-corrected chi connectivity index (χ1v) is 7.39. The van der Waals surface area contributed by atoms with Crippen LogP contribution in [0.25, 0.3) is 0 Å². The van der Waals surface area contributed by atoms with Crippen molar-refractivity contribution in [1.82, 2.24) is 10.2 Å². The minimum absolute atomic E-state index is 0.0202. The molecule has 0 bridgehead atoms. The van der Waals surface area contributed by atoms with E-state index >= 15 is 0 Å². The van der Waals surface area contributed by atoms with E-state index in [1.165, 1.54) is 0 Å². The third-order valence-electron chi connectivity index (χ3n) is 4.32. The first-order valence-electron chi connectivity index (χ1n) is 7.39. The predicted octanol–water partition coefficient (Wildman–Crippen LogP) is 1.63. The van der Waals surface area contributed by atoms with Gasteiger partial charge in [-0.25, -0.2) is 0 Å². The van der Waals surface area contributed by atoms with Crippen molar-refractivity contribution in [3.63, 3.8) is 0 Å². The summed E-state index contributed by atoms with van der Waals surface area (Å²) in [7, 11) is 0. The molecule has 2 aliphatic rings. The molecule has 18 heavy (non-hydrogen) atoms. The number of unbranched alkanes of at least 4 members (excludes halogenated alkanes) is 1. The van der Waals surface area contributed by atoms with Gasteiger partial charge in [-0.2, -0.15) is 0 Å². The number of amides is 1. The van der Waals surface area contributed by atoms with E-state index in [4.69, 9.17) is 0 Å². The summed E-state index contributed by atoms with van der Waals surface area (Å²) < 4.78 is 0. The molecule has 2 unspecified atom stereocenters. The predicted molar refractivity (Wildman–Crippen MR) is 71.0 cm³/mol. The summed E-state index contributed by atoms with van der Waals surface area (Å²) in [6, 6.07) is 0.349. The molecule has 0 radical (unpaired) electrons. The second-order valence-electron chi connectivity index (χ2n) is 5.75. The van der Waals surface area contributed by atoms with Gasteiger partial charge in [0.1, 0.15) is 0 Å². The number of carbonyl (C=O) groups is 1. The molecule has 104 valence electrons. The lowest BCUT2D eigenvalue weighted by Gasteiger charge is -2.35. The van der Waals surface area contributed by atoms with Crippen LogP contribution in [0.15, 0.2) is 0 Å². The molecule has 4 nitrogen and oxygen atoms in total. The molecule has 2 N–H and O–H groups in total. The Balaban J connectivity index is 1.94. The van der Waals surface area contributed by atoms with Crippen LogP contribution in [0.5, 0.6) is 0 Å². The van der Waals surface area contributed by atoms with E-state index in [1.54, 1.807) is 0 Å². The van der Waals surface area contributed by atoms with Gasteiger partial charge in [-0.15, -0.1) is 0 Å². The molecule has 1 amide bonds. The number of aliphatic hydroxyl groups excluding tert-OH is 1. The Labute approximate surface area is 110 Å². The Morgan fingerprint density at radius 3 is 2.61 bits per heavy atom. The molecule has 0 aromatic heterocycles. The molecule has 4 heteroatoms. The summed E-state index contributed by atoms with van der Waals surface area (Å²) >= 11 is 0. The van der Waals surface area contributed by atoms with Gasteiger partial charge in [0.15, 0.2) is 0 Å². The Morgan fingerprint density at radius 1 is 1.33 bits per heavy atom. The molecular formula is C14H26N2O2. The van der Waals surface area contributed by atoms with Gasteiger partial charge in [0.2, 0.25) is 5.91 Å². The Hall–Kier alpha value is -0.610. The van der Waals surface area contributed by atoms with Gasteiger partial charge in [0, 0.05) is 6.04 Å². The van der Waals surface area contributed by atoms with Gasteiger partial charge in [0.25, 0.3) is 0 Å². The second kappa shape index (κ2) is 6.02. The molecule has 0 aromatic rings. The van der Waals surface area contributed by atoms with E-state index in [9.17, 15) is 9.90 Å². The zero-order chi connectivity index (χ0) is 13.1. The standard InChI is InChI=1S/C14H26N2O2/c1-3-4-5-13-14(18)16(10(2)15-13)11-6-8-12(17)9-7-11/h10-13,15,17H,3-9H2,1-2H3. The lowest BCUT2D eigenvalue weighted by molar-refractivity contribution is -0.133. The maximum atomic E-state index is 12.4. The largest absolute Gasteiger partial charge is 0.393 e. The number of carbonyl (C=O) groups excluding carboxylic acids is 1. The molecule has 1 saturated carbocycles. The van der Waals surface area contributed by atoms with Crippen molar-refractivity contribution in [3.05, 3.63) is 0 Å². The van der Waals surface area contributed by atoms with Gasteiger partial charge in [0.05, 0.1) is 18.3 Å². The first kappa shape index (κ1) is 13.8. The van der Waals surface area contributed by atoms with Crippen LogP contribution in [-0.4, -0.2) is 40.3 Å². The molecule has 0 aromatic carbocycles. The highest BCUT2D eigenvalue weighted by molar-refractivity contribution is 5.84. The van der Waals surface area contributed by atoms with Crippen LogP contribution in [0.4, 0.5) is 0 Å². The number of hydrogen-bond donors (Lipinski definition) is 2. The van der Waals surface area contributed by atoms with Crippen molar-refractivity contribution in [2.75, 3.05) is 0 Å². The van der Waals surface area contributed by atoms with Crippen LogP contribution in [0.2, 0.25) is 0 Å². The summed E-state index contributed by atoms with van der Waals surface area (Å²) in [5, 5.41) is 13.0. The zero-order valence-corrected chi connectivity index (χ0v) is 11.6. The van der Waals surface area contributed by atoms with Crippen LogP contribution in [0, 0.1) is 0 Å². The average molecular weight is 254 g/mol.